The molecule has 0 aliphatic heterocycles. The van der Waals surface area contributed by atoms with E-state index in [-0.39, 0.29) is 12.2 Å². The fourth-order valence-corrected chi connectivity index (χ4v) is 1.63. The largest absolute Gasteiger partial charge is 0.494 e. The summed E-state index contributed by atoms with van der Waals surface area (Å²) in [4.78, 5) is 7.90. The van der Waals surface area contributed by atoms with Crippen LogP contribution < -0.4 is 4.74 Å². The fourth-order valence-electron chi connectivity index (χ4n) is 1.63. The fraction of sp³-hybridized carbons (Fsp3) is 0.231. The van der Waals surface area contributed by atoms with Crippen LogP contribution in [-0.2, 0) is 6.42 Å². The number of rotatable bonds is 4. The van der Waals surface area contributed by atoms with Gasteiger partial charge >= 0.3 is 0 Å². The van der Waals surface area contributed by atoms with Gasteiger partial charge in [-0.15, -0.1) is 0 Å². The minimum atomic E-state index is -0.848. The van der Waals surface area contributed by atoms with Gasteiger partial charge in [0.2, 0.25) is 0 Å². The lowest BCUT2D eigenvalue weighted by molar-refractivity contribution is 0.168. The van der Waals surface area contributed by atoms with Crippen molar-refractivity contribution in [1.82, 2.24) is 9.97 Å². The van der Waals surface area contributed by atoms with Gasteiger partial charge in [0.25, 0.3) is 0 Å². The zero-order valence-electron chi connectivity index (χ0n) is 9.88. The van der Waals surface area contributed by atoms with Gasteiger partial charge in [0, 0.05) is 18.8 Å². The molecule has 0 aliphatic rings. The monoisotopic (exact) mass is 248 g/mol. The number of hydrogen-bond donors (Lipinski definition) is 1. The van der Waals surface area contributed by atoms with Crippen molar-refractivity contribution in [3.63, 3.8) is 0 Å². The smallest absolute Gasteiger partial charge is 0.165 e. The Morgan fingerprint density at radius 1 is 1.33 bits per heavy atom. The first kappa shape index (κ1) is 12.4. The molecule has 0 bridgehead atoms. The molecule has 1 N–H and O–H groups in total. The van der Waals surface area contributed by atoms with Crippen LogP contribution in [-0.4, -0.2) is 22.2 Å². The Balaban J connectivity index is 2.12. The molecule has 0 spiro atoms. The van der Waals surface area contributed by atoms with Crippen molar-refractivity contribution in [3.05, 3.63) is 53.9 Å². The van der Waals surface area contributed by atoms with Crippen molar-refractivity contribution in [2.75, 3.05) is 7.11 Å². The maximum absolute atomic E-state index is 13.5. The highest BCUT2D eigenvalue weighted by Crippen LogP contribution is 2.21. The second-order valence-electron chi connectivity index (χ2n) is 3.80. The van der Waals surface area contributed by atoms with Gasteiger partial charge in [-0.1, -0.05) is 6.07 Å². The van der Waals surface area contributed by atoms with E-state index in [9.17, 15) is 9.50 Å². The first-order valence-corrected chi connectivity index (χ1v) is 5.48. The molecule has 0 fully saturated rings. The normalized spacial score (nSPS) is 12.2. The quantitative estimate of drug-likeness (QED) is 0.897. The average Bonchev–Trinajstić information content (AvgIpc) is 2.40. The van der Waals surface area contributed by atoms with Crippen LogP contribution in [0.4, 0.5) is 4.39 Å². The van der Waals surface area contributed by atoms with E-state index >= 15 is 0 Å². The van der Waals surface area contributed by atoms with Crippen molar-refractivity contribution < 1.29 is 14.2 Å². The van der Waals surface area contributed by atoms with Crippen LogP contribution in [0, 0.1) is 5.82 Å². The van der Waals surface area contributed by atoms with Crippen LogP contribution in [0.25, 0.3) is 0 Å². The van der Waals surface area contributed by atoms with E-state index in [0.29, 0.717) is 11.4 Å². The topological polar surface area (TPSA) is 55.2 Å². The molecular weight excluding hydrogens is 235 g/mol. The maximum Gasteiger partial charge on any atom is 0.165 e. The third-order valence-electron chi connectivity index (χ3n) is 2.53. The summed E-state index contributed by atoms with van der Waals surface area (Å²) in [5.74, 6) is 0.0640. The lowest BCUT2D eigenvalue weighted by Gasteiger charge is -2.10. The van der Waals surface area contributed by atoms with E-state index in [0.717, 1.165) is 0 Å². The summed E-state index contributed by atoms with van der Waals surface area (Å²) in [5, 5.41) is 9.91. The summed E-state index contributed by atoms with van der Waals surface area (Å²) in [6, 6.07) is 6.24. The lowest BCUT2D eigenvalue weighted by Crippen LogP contribution is -2.06. The van der Waals surface area contributed by atoms with Crippen LogP contribution in [0.5, 0.6) is 5.75 Å². The van der Waals surface area contributed by atoms with Crippen molar-refractivity contribution in [1.29, 1.82) is 0 Å². The van der Waals surface area contributed by atoms with Gasteiger partial charge in [0.1, 0.15) is 6.10 Å². The summed E-state index contributed by atoms with van der Waals surface area (Å²) in [6.45, 7) is 0. The number of aliphatic hydroxyl groups excluding tert-OH is 1. The van der Waals surface area contributed by atoms with Gasteiger partial charge in [-0.3, -0.25) is 0 Å². The van der Waals surface area contributed by atoms with Gasteiger partial charge < -0.3 is 9.84 Å². The molecule has 0 amide bonds. The Morgan fingerprint density at radius 2 is 2.06 bits per heavy atom. The van der Waals surface area contributed by atoms with Crippen LogP contribution in [0.2, 0.25) is 0 Å². The Bertz CT molecular complexity index is 520. The van der Waals surface area contributed by atoms with Crippen molar-refractivity contribution in [2.24, 2.45) is 0 Å². The zero-order chi connectivity index (χ0) is 13.0. The molecule has 0 saturated carbocycles. The number of methoxy groups -OCH3 is 1. The van der Waals surface area contributed by atoms with E-state index in [2.05, 4.69) is 9.97 Å². The minimum absolute atomic E-state index is 0.184. The lowest BCUT2D eigenvalue weighted by atomic mass is 10.1. The highest BCUT2D eigenvalue weighted by molar-refractivity contribution is 5.29. The van der Waals surface area contributed by atoms with Crippen LogP contribution in [0.15, 0.2) is 36.7 Å². The van der Waals surface area contributed by atoms with Crippen molar-refractivity contribution in [3.8, 4) is 5.75 Å². The van der Waals surface area contributed by atoms with E-state index in [1.807, 2.05) is 0 Å². The second kappa shape index (κ2) is 5.55. The molecule has 5 heteroatoms. The van der Waals surface area contributed by atoms with E-state index in [1.165, 1.54) is 19.2 Å². The van der Waals surface area contributed by atoms with E-state index in [4.69, 9.17) is 4.74 Å². The molecule has 1 aromatic heterocycles. The molecule has 0 radical (unpaired) electrons. The molecular formula is C13H13FN2O2. The third kappa shape index (κ3) is 2.81. The number of ether oxygens (including phenoxy) is 1. The summed E-state index contributed by atoms with van der Waals surface area (Å²) in [6.07, 6.45) is 2.52. The van der Waals surface area contributed by atoms with Gasteiger partial charge in [0.15, 0.2) is 17.4 Å². The predicted octanol–water partition coefficient (Wildman–Crippen LogP) is 1.90. The molecule has 2 rings (SSSR count). The second-order valence-corrected chi connectivity index (χ2v) is 3.80. The summed E-state index contributed by atoms with van der Waals surface area (Å²) < 4.78 is 18.3. The number of hydrogen-bond acceptors (Lipinski definition) is 4. The van der Waals surface area contributed by atoms with E-state index in [1.54, 1.807) is 24.5 Å². The maximum atomic E-state index is 13.5. The van der Waals surface area contributed by atoms with Gasteiger partial charge in [-0.2, -0.15) is 0 Å². The predicted molar refractivity (Wildman–Crippen MR) is 63.6 cm³/mol. The van der Waals surface area contributed by atoms with Crippen LogP contribution >= 0.6 is 0 Å². The summed E-state index contributed by atoms with van der Waals surface area (Å²) in [7, 11) is 1.41. The number of aromatic nitrogens is 2. The van der Waals surface area contributed by atoms with E-state index < -0.39 is 11.9 Å². The first-order valence-electron chi connectivity index (χ1n) is 5.48. The van der Waals surface area contributed by atoms with Crippen LogP contribution in [0.1, 0.15) is 17.5 Å². The van der Waals surface area contributed by atoms with Crippen molar-refractivity contribution >= 4 is 0 Å². The SMILES string of the molecule is COc1ccc(CC(O)c2ncccn2)cc1F. The number of benzene rings is 1. The molecule has 1 aromatic carbocycles. The molecule has 4 nitrogen and oxygen atoms in total. The third-order valence-corrected chi connectivity index (χ3v) is 2.53. The first-order chi connectivity index (χ1) is 8.70. The minimum Gasteiger partial charge on any atom is -0.494 e. The molecule has 1 atom stereocenters. The molecule has 94 valence electrons. The Kier molecular flexibility index (Phi) is 3.84. The summed E-state index contributed by atoms with van der Waals surface area (Å²) >= 11 is 0. The highest BCUT2D eigenvalue weighted by atomic mass is 19.1. The average molecular weight is 248 g/mol. The Morgan fingerprint density at radius 3 is 2.67 bits per heavy atom. The Hall–Kier alpha value is -2.01. The Labute approximate surface area is 104 Å². The molecule has 18 heavy (non-hydrogen) atoms. The number of aliphatic hydroxyl groups is 1. The number of halogens is 1. The standard InChI is InChI=1S/C13H13FN2O2/c1-18-12-4-3-9(7-10(12)14)8-11(17)13-15-5-2-6-16-13/h2-7,11,17H,8H2,1H3. The van der Waals surface area contributed by atoms with Crippen LogP contribution in [0.3, 0.4) is 0 Å². The number of nitrogens with zero attached hydrogens (tertiary/aromatic N) is 2. The van der Waals surface area contributed by atoms with Gasteiger partial charge in [-0.05, 0) is 23.8 Å². The molecule has 0 saturated heterocycles. The summed E-state index contributed by atoms with van der Waals surface area (Å²) in [5.41, 5.74) is 0.660. The van der Waals surface area contributed by atoms with Gasteiger partial charge in [0.05, 0.1) is 7.11 Å². The molecule has 1 heterocycles. The van der Waals surface area contributed by atoms with Gasteiger partial charge in [-0.25, -0.2) is 14.4 Å². The van der Waals surface area contributed by atoms with Crippen molar-refractivity contribution in [2.45, 2.75) is 12.5 Å². The molecule has 0 aliphatic carbocycles. The molecule has 2 aromatic rings. The molecule has 1 unspecified atom stereocenters. The zero-order valence-corrected chi connectivity index (χ0v) is 9.88. The highest BCUT2D eigenvalue weighted by Gasteiger charge is 2.12.